The SMILES string of the molecule is NOC(=O)c1cncc(O)c1. The molecule has 3 N–H and O–H groups in total. The van der Waals surface area contributed by atoms with Crippen LogP contribution in [0.25, 0.3) is 0 Å². The first-order valence-corrected chi connectivity index (χ1v) is 2.79. The molecule has 5 heteroatoms. The van der Waals surface area contributed by atoms with Crippen molar-refractivity contribution in [3.63, 3.8) is 0 Å². The Hall–Kier alpha value is -1.62. The molecule has 0 fully saturated rings. The molecular formula is C6H6N2O3. The Kier molecular flexibility index (Phi) is 2.03. The van der Waals surface area contributed by atoms with E-state index in [9.17, 15) is 4.79 Å². The zero-order valence-corrected chi connectivity index (χ0v) is 5.52. The normalized spacial score (nSPS) is 9.18. The van der Waals surface area contributed by atoms with Gasteiger partial charge in [0.15, 0.2) is 0 Å². The number of nitrogens with zero attached hydrogens (tertiary/aromatic N) is 1. The van der Waals surface area contributed by atoms with Gasteiger partial charge in [-0.05, 0) is 6.07 Å². The van der Waals surface area contributed by atoms with Crippen molar-refractivity contribution >= 4 is 5.97 Å². The van der Waals surface area contributed by atoms with Gasteiger partial charge in [0.2, 0.25) is 0 Å². The Morgan fingerprint density at radius 3 is 2.91 bits per heavy atom. The molecule has 0 aliphatic rings. The lowest BCUT2D eigenvalue weighted by molar-refractivity contribution is 0.0502. The molecule has 0 atom stereocenters. The summed E-state index contributed by atoms with van der Waals surface area (Å²) < 4.78 is 0. The second-order valence-corrected chi connectivity index (χ2v) is 1.84. The van der Waals surface area contributed by atoms with Crippen molar-refractivity contribution in [3.05, 3.63) is 24.0 Å². The monoisotopic (exact) mass is 154 g/mol. The van der Waals surface area contributed by atoms with Gasteiger partial charge in [-0.2, -0.15) is 5.90 Å². The molecule has 58 valence electrons. The zero-order valence-electron chi connectivity index (χ0n) is 5.52. The number of hydrogen-bond donors (Lipinski definition) is 2. The molecule has 1 aromatic rings. The Morgan fingerprint density at radius 2 is 2.36 bits per heavy atom. The number of carbonyl (C=O) groups is 1. The fourth-order valence-electron chi connectivity index (χ4n) is 0.607. The van der Waals surface area contributed by atoms with Crippen LogP contribution in [-0.4, -0.2) is 16.1 Å². The Bertz CT molecular complexity index is 274. The molecule has 0 amide bonds. The Labute approximate surface area is 62.4 Å². The number of aromatic hydroxyl groups is 1. The molecule has 0 aliphatic heterocycles. The van der Waals surface area contributed by atoms with Crippen LogP contribution in [0, 0.1) is 0 Å². The molecule has 0 unspecified atom stereocenters. The number of nitrogens with two attached hydrogens (primary N) is 1. The van der Waals surface area contributed by atoms with Crippen molar-refractivity contribution in [2.75, 3.05) is 0 Å². The lowest BCUT2D eigenvalue weighted by Crippen LogP contribution is -2.09. The highest BCUT2D eigenvalue weighted by Gasteiger charge is 2.05. The van der Waals surface area contributed by atoms with Gasteiger partial charge in [0, 0.05) is 6.20 Å². The largest absolute Gasteiger partial charge is 0.506 e. The van der Waals surface area contributed by atoms with Gasteiger partial charge in [-0.25, -0.2) is 4.79 Å². The third kappa shape index (κ3) is 1.65. The minimum Gasteiger partial charge on any atom is -0.506 e. The average Bonchev–Trinajstić information content (AvgIpc) is 2.03. The molecule has 11 heavy (non-hydrogen) atoms. The lowest BCUT2D eigenvalue weighted by Gasteiger charge is -1.96. The molecule has 0 bridgehead atoms. The minimum absolute atomic E-state index is 0.104. The van der Waals surface area contributed by atoms with Gasteiger partial charge in [-0.3, -0.25) is 4.98 Å². The van der Waals surface area contributed by atoms with Gasteiger partial charge < -0.3 is 9.94 Å². The summed E-state index contributed by atoms with van der Waals surface area (Å²) in [5.41, 5.74) is 0.118. The van der Waals surface area contributed by atoms with Crippen molar-refractivity contribution in [2.24, 2.45) is 5.90 Å². The van der Waals surface area contributed by atoms with E-state index in [4.69, 9.17) is 5.11 Å². The maximum atomic E-state index is 10.7. The lowest BCUT2D eigenvalue weighted by atomic mass is 10.3. The van der Waals surface area contributed by atoms with Crippen LogP contribution in [0.5, 0.6) is 5.75 Å². The van der Waals surface area contributed by atoms with E-state index in [0.29, 0.717) is 0 Å². The first-order valence-electron chi connectivity index (χ1n) is 2.79. The van der Waals surface area contributed by atoms with Crippen LogP contribution in [0.3, 0.4) is 0 Å². The summed E-state index contributed by atoms with van der Waals surface area (Å²) >= 11 is 0. The molecule has 5 nitrogen and oxygen atoms in total. The van der Waals surface area contributed by atoms with E-state index in [1.807, 2.05) is 0 Å². The van der Waals surface area contributed by atoms with Crippen molar-refractivity contribution < 1.29 is 14.7 Å². The van der Waals surface area contributed by atoms with Gasteiger partial charge in [0.1, 0.15) is 5.75 Å². The van der Waals surface area contributed by atoms with Gasteiger partial charge >= 0.3 is 5.97 Å². The standard InChI is InChI=1S/C6H6N2O3/c7-11-6(10)4-1-5(9)3-8-2-4/h1-3,9H,7H2. The second kappa shape index (κ2) is 2.98. The first kappa shape index (κ1) is 7.49. The highest BCUT2D eigenvalue weighted by atomic mass is 16.7. The maximum absolute atomic E-state index is 10.7. The molecule has 0 saturated carbocycles. The maximum Gasteiger partial charge on any atom is 0.358 e. The minimum atomic E-state index is -0.728. The van der Waals surface area contributed by atoms with Crippen LogP contribution in [0.2, 0.25) is 0 Å². The van der Waals surface area contributed by atoms with E-state index >= 15 is 0 Å². The van der Waals surface area contributed by atoms with E-state index in [1.165, 1.54) is 18.5 Å². The summed E-state index contributed by atoms with van der Waals surface area (Å²) in [4.78, 5) is 18.1. The number of aromatic nitrogens is 1. The summed E-state index contributed by atoms with van der Waals surface area (Å²) in [6, 6.07) is 1.21. The number of hydrogen-bond acceptors (Lipinski definition) is 5. The molecular weight excluding hydrogens is 148 g/mol. The molecule has 0 aromatic carbocycles. The van der Waals surface area contributed by atoms with Crippen LogP contribution in [0.15, 0.2) is 18.5 Å². The van der Waals surface area contributed by atoms with Gasteiger partial charge in [-0.15, -0.1) is 0 Å². The van der Waals surface area contributed by atoms with E-state index in [1.54, 1.807) is 0 Å². The second-order valence-electron chi connectivity index (χ2n) is 1.84. The Morgan fingerprint density at radius 1 is 1.64 bits per heavy atom. The molecule has 0 saturated heterocycles. The predicted molar refractivity (Wildman–Crippen MR) is 35.5 cm³/mol. The average molecular weight is 154 g/mol. The smallest absolute Gasteiger partial charge is 0.358 e. The van der Waals surface area contributed by atoms with Crippen LogP contribution in [-0.2, 0) is 4.84 Å². The van der Waals surface area contributed by atoms with Crippen LogP contribution < -0.4 is 5.90 Å². The summed E-state index contributed by atoms with van der Waals surface area (Å²) in [6.45, 7) is 0. The molecule has 0 spiro atoms. The third-order valence-corrected chi connectivity index (χ3v) is 1.07. The van der Waals surface area contributed by atoms with Gasteiger partial charge in [0.25, 0.3) is 0 Å². The zero-order chi connectivity index (χ0) is 8.27. The molecule has 0 radical (unpaired) electrons. The summed E-state index contributed by atoms with van der Waals surface area (Å²) in [6.07, 6.45) is 2.45. The highest BCUT2D eigenvalue weighted by Crippen LogP contribution is 2.08. The molecule has 1 aromatic heterocycles. The van der Waals surface area contributed by atoms with Crippen molar-refractivity contribution in [1.82, 2.24) is 4.98 Å². The first-order chi connectivity index (χ1) is 5.24. The van der Waals surface area contributed by atoms with E-state index in [0.717, 1.165) is 0 Å². The van der Waals surface area contributed by atoms with E-state index in [-0.39, 0.29) is 11.3 Å². The summed E-state index contributed by atoms with van der Waals surface area (Å²) in [5.74, 6) is 3.76. The van der Waals surface area contributed by atoms with Gasteiger partial charge in [0.05, 0.1) is 11.8 Å². The van der Waals surface area contributed by atoms with Gasteiger partial charge in [-0.1, -0.05) is 0 Å². The molecule has 1 heterocycles. The van der Waals surface area contributed by atoms with Crippen molar-refractivity contribution in [1.29, 1.82) is 0 Å². The Balaban J connectivity index is 2.96. The fraction of sp³-hybridized carbons (Fsp3) is 0. The van der Waals surface area contributed by atoms with Crippen molar-refractivity contribution in [3.8, 4) is 5.75 Å². The van der Waals surface area contributed by atoms with E-state index < -0.39 is 5.97 Å². The predicted octanol–water partition coefficient (Wildman–Crippen LogP) is -0.182. The molecule has 0 aliphatic carbocycles. The van der Waals surface area contributed by atoms with Crippen LogP contribution in [0.4, 0.5) is 0 Å². The van der Waals surface area contributed by atoms with Crippen LogP contribution in [0.1, 0.15) is 10.4 Å². The van der Waals surface area contributed by atoms with E-state index in [2.05, 4.69) is 15.7 Å². The molecule has 1 rings (SSSR count). The van der Waals surface area contributed by atoms with Crippen molar-refractivity contribution in [2.45, 2.75) is 0 Å². The summed E-state index contributed by atoms with van der Waals surface area (Å²) in [7, 11) is 0. The number of carbonyl (C=O) groups excluding carboxylic acids is 1. The summed E-state index contributed by atoms with van der Waals surface area (Å²) in [5, 5.41) is 8.85. The number of rotatable bonds is 1. The fourth-order valence-corrected chi connectivity index (χ4v) is 0.607. The quantitative estimate of drug-likeness (QED) is 0.548. The van der Waals surface area contributed by atoms with Crippen LogP contribution >= 0.6 is 0 Å². The number of pyridine rings is 1. The topological polar surface area (TPSA) is 85.4 Å². The highest BCUT2D eigenvalue weighted by molar-refractivity contribution is 5.89. The third-order valence-electron chi connectivity index (χ3n) is 1.07.